The van der Waals surface area contributed by atoms with Gasteiger partial charge in [0.1, 0.15) is 5.75 Å². The van der Waals surface area contributed by atoms with E-state index < -0.39 is 6.10 Å². The number of carbonyl (C=O) groups excluding carboxylic acids is 1. The van der Waals surface area contributed by atoms with E-state index in [1.165, 1.54) is 21.3 Å². The Labute approximate surface area is 125 Å². The molecule has 0 spiro atoms. The molecule has 6 heteroatoms. The Hall–Kier alpha value is -1.95. The van der Waals surface area contributed by atoms with Crippen LogP contribution in [0.3, 0.4) is 0 Å². The lowest BCUT2D eigenvalue weighted by molar-refractivity contribution is 0.0919. The number of amides is 1. The van der Waals surface area contributed by atoms with Crippen molar-refractivity contribution in [1.29, 1.82) is 0 Å². The Kier molecular flexibility index (Phi) is 6.30. The monoisotopic (exact) mass is 297 g/mol. The first kappa shape index (κ1) is 17.1. The van der Waals surface area contributed by atoms with Crippen molar-refractivity contribution < 1.29 is 24.1 Å². The maximum absolute atomic E-state index is 12.3. The number of benzene rings is 1. The molecule has 0 fully saturated rings. The summed E-state index contributed by atoms with van der Waals surface area (Å²) >= 11 is 0. The first-order valence-electron chi connectivity index (χ1n) is 6.71. The lowest BCUT2D eigenvalue weighted by Crippen LogP contribution is -2.34. The van der Waals surface area contributed by atoms with Gasteiger partial charge in [-0.2, -0.15) is 0 Å². The average molecular weight is 297 g/mol. The van der Waals surface area contributed by atoms with E-state index in [0.717, 1.165) is 0 Å². The van der Waals surface area contributed by atoms with E-state index in [-0.39, 0.29) is 11.9 Å². The molecule has 0 saturated carbocycles. The molecule has 118 valence electrons. The van der Waals surface area contributed by atoms with Crippen molar-refractivity contribution in [2.75, 3.05) is 21.3 Å². The molecule has 6 nitrogen and oxygen atoms in total. The number of carbonyl (C=O) groups is 1. The molecular formula is C15H23NO5. The second kappa shape index (κ2) is 7.73. The molecule has 0 aliphatic rings. The number of hydrogen-bond donors (Lipinski definition) is 2. The van der Waals surface area contributed by atoms with Gasteiger partial charge in [0.2, 0.25) is 0 Å². The van der Waals surface area contributed by atoms with Crippen LogP contribution in [0.25, 0.3) is 0 Å². The van der Waals surface area contributed by atoms with Crippen LogP contribution in [0.5, 0.6) is 17.2 Å². The highest BCUT2D eigenvalue weighted by Crippen LogP contribution is 2.34. The summed E-state index contributed by atoms with van der Waals surface area (Å²) in [7, 11) is 4.50. The van der Waals surface area contributed by atoms with Gasteiger partial charge in [-0.25, -0.2) is 0 Å². The zero-order chi connectivity index (χ0) is 16.0. The maximum Gasteiger partial charge on any atom is 0.255 e. The SMILES string of the molecule is COc1cc(OC)c(C(=O)N[C@@H](C)C[C@H](C)O)cc1OC. The number of ether oxygens (including phenoxy) is 3. The Bertz CT molecular complexity index is 487. The fraction of sp³-hybridized carbons (Fsp3) is 0.533. The molecule has 0 heterocycles. The predicted molar refractivity (Wildman–Crippen MR) is 79.3 cm³/mol. The number of rotatable bonds is 7. The number of nitrogens with one attached hydrogen (secondary N) is 1. The normalized spacial score (nSPS) is 13.2. The van der Waals surface area contributed by atoms with Gasteiger partial charge in [-0.1, -0.05) is 0 Å². The Morgan fingerprint density at radius 2 is 1.62 bits per heavy atom. The van der Waals surface area contributed by atoms with Crippen LogP contribution in [-0.2, 0) is 0 Å². The summed E-state index contributed by atoms with van der Waals surface area (Å²) in [5.41, 5.74) is 0.354. The number of hydrogen-bond acceptors (Lipinski definition) is 5. The van der Waals surface area contributed by atoms with Gasteiger partial charge in [0.05, 0.1) is 33.0 Å². The Morgan fingerprint density at radius 1 is 1.10 bits per heavy atom. The molecule has 2 atom stereocenters. The minimum atomic E-state index is -0.479. The number of methoxy groups -OCH3 is 3. The molecule has 1 rings (SSSR count). The highest BCUT2D eigenvalue weighted by molar-refractivity contribution is 5.98. The van der Waals surface area contributed by atoms with Crippen molar-refractivity contribution in [2.24, 2.45) is 0 Å². The van der Waals surface area contributed by atoms with Crippen LogP contribution in [0, 0.1) is 0 Å². The average Bonchev–Trinajstić information content (AvgIpc) is 2.44. The van der Waals surface area contributed by atoms with Crippen molar-refractivity contribution in [1.82, 2.24) is 5.32 Å². The molecule has 0 bridgehead atoms. The molecule has 0 saturated heterocycles. The van der Waals surface area contributed by atoms with Crippen LogP contribution >= 0.6 is 0 Å². The predicted octanol–water partition coefficient (Wildman–Crippen LogP) is 1.60. The van der Waals surface area contributed by atoms with Gasteiger partial charge in [-0.05, 0) is 20.3 Å². The zero-order valence-corrected chi connectivity index (χ0v) is 13.1. The highest BCUT2D eigenvalue weighted by atomic mass is 16.5. The summed E-state index contributed by atoms with van der Waals surface area (Å²) in [6, 6.07) is 3.02. The molecule has 21 heavy (non-hydrogen) atoms. The minimum Gasteiger partial charge on any atom is -0.496 e. The van der Waals surface area contributed by atoms with Gasteiger partial charge in [0.25, 0.3) is 5.91 Å². The molecule has 0 aliphatic carbocycles. The van der Waals surface area contributed by atoms with Crippen LogP contribution in [0.2, 0.25) is 0 Å². The topological polar surface area (TPSA) is 77.0 Å². The Balaban J connectivity index is 3.02. The molecule has 0 radical (unpaired) electrons. The molecule has 1 aromatic carbocycles. The van der Waals surface area contributed by atoms with Gasteiger partial charge in [-0.3, -0.25) is 4.79 Å². The van der Waals surface area contributed by atoms with E-state index in [4.69, 9.17) is 14.2 Å². The zero-order valence-electron chi connectivity index (χ0n) is 13.1. The van der Waals surface area contributed by atoms with Gasteiger partial charge in [0.15, 0.2) is 11.5 Å². The second-order valence-corrected chi connectivity index (χ2v) is 4.87. The van der Waals surface area contributed by atoms with Crippen molar-refractivity contribution in [3.63, 3.8) is 0 Å². The van der Waals surface area contributed by atoms with Crippen LogP contribution in [0.15, 0.2) is 12.1 Å². The fourth-order valence-electron chi connectivity index (χ4n) is 2.08. The molecule has 0 unspecified atom stereocenters. The molecule has 2 N–H and O–H groups in total. The van der Waals surface area contributed by atoms with Gasteiger partial charge < -0.3 is 24.6 Å². The fourth-order valence-corrected chi connectivity index (χ4v) is 2.08. The molecule has 0 aromatic heterocycles. The summed E-state index contributed by atoms with van der Waals surface area (Å²) < 4.78 is 15.6. The lowest BCUT2D eigenvalue weighted by atomic mass is 10.1. The third-order valence-corrected chi connectivity index (χ3v) is 3.02. The second-order valence-electron chi connectivity index (χ2n) is 4.87. The van der Waals surface area contributed by atoms with E-state index in [0.29, 0.717) is 29.2 Å². The maximum atomic E-state index is 12.3. The summed E-state index contributed by atoms with van der Waals surface area (Å²) in [4.78, 5) is 12.3. The van der Waals surface area contributed by atoms with E-state index in [2.05, 4.69) is 5.32 Å². The van der Waals surface area contributed by atoms with Crippen LogP contribution in [0.4, 0.5) is 0 Å². The lowest BCUT2D eigenvalue weighted by Gasteiger charge is -2.18. The van der Waals surface area contributed by atoms with Crippen LogP contribution in [-0.4, -0.2) is 44.5 Å². The summed E-state index contributed by atoms with van der Waals surface area (Å²) in [5.74, 6) is 1.05. The van der Waals surface area contributed by atoms with Crippen molar-refractivity contribution >= 4 is 5.91 Å². The van der Waals surface area contributed by atoms with E-state index in [9.17, 15) is 9.90 Å². The third-order valence-electron chi connectivity index (χ3n) is 3.02. The number of aliphatic hydroxyl groups excluding tert-OH is 1. The van der Waals surface area contributed by atoms with Crippen LogP contribution in [0.1, 0.15) is 30.6 Å². The van der Waals surface area contributed by atoms with Crippen molar-refractivity contribution in [2.45, 2.75) is 32.4 Å². The molecule has 0 aliphatic heterocycles. The summed E-state index contributed by atoms with van der Waals surface area (Å²) in [6.45, 7) is 3.51. The van der Waals surface area contributed by atoms with Gasteiger partial charge >= 0.3 is 0 Å². The standard InChI is InChI=1S/C15H23NO5/c1-9(6-10(2)17)16-15(18)11-7-13(20-4)14(21-5)8-12(11)19-3/h7-10,17H,6H2,1-5H3,(H,16,18)/t9-,10-/m0/s1. The van der Waals surface area contributed by atoms with Gasteiger partial charge in [-0.15, -0.1) is 0 Å². The quantitative estimate of drug-likeness (QED) is 0.799. The van der Waals surface area contributed by atoms with Crippen molar-refractivity contribution in [3.05, 3.63) is 17.7 Å². The first-order valence-corrected chi connectivity index (χ1v) is 6.71. The van der Waals surface area contributed by atoms with Crippen molar-refractivity contribution in [3.8, 4) is 17.2 Å². The third kappa shape index (κ3) is 4.53. The van der Waals surface area contributed by atoms with Gasteiger partial charge in [0, 0.05) is 18.2 Å². The minimum absolute atomic E-state index is 0.157. The number of aliphatic hydroxyl groups is 1. The van der Waals surface area contributed by atoms with E-state index in [1.54, 1.807) is 19.1 Å². The van der Waals surface area contributed by atoms with E-state index >= 15 is 0 Å². The molecule has 1 aromatic rings. The largest absolute Gasteiger partial charge is 0.496 e. The van der Waals surface area contributed by atoms with Crippen LogP contribution < -0.4 is 19.5 Å². The Morgan fingerprint density at radius 3 is 2.10 bits per heavy atom. The van der Waals surface area contributed by atoms with E-state index in [1.807, 2.05) is 6.92 Å². The highest BCUT2D eigenvalue weighted by Gasteiger charge is 2.19. The smallest absolute Gasteiger partial charge is 0.255 e. The molecular weight excluding hydrogens is 274 g/mol. The summed E-state index contributed by atoms with van der Waals surface area (Å²) in [5, 5.41) is 12.2. The molecule has 1 amide bonds. The first-order chi connectivity index (χ1) is 9.92. The summed E-state index contributed by atoms with van der Waals surface area (Å²) in [6.07, 6.45) is -0.00552.